The highest BCUT2D eigenvalue weighted by Crippen LogP contribution is 2.32. The number of sulfonamides is 1. The fraction of sp³-hybridized carbons (Fsp3) is 0.269. The number of hydrogen-bond acceptors (Lipinski definition) is 5. The highest BCUT2D eigenvalue weighted by Gasteiger charge is 2.29. The van der Waals surface area contributed by atoms with Crippen LogP contribution in [0.4, 0.5) is 5.69 Å². The van der Waals surface area contributed by atoms with E-state index in [0.717, 1.165) is 22.0 Å². The SMILES string of the molecule is CCOc1ccccc1N(CC(=O)NCCCc1ccc(OC)cc1)S(=O)(=O)c1ccc(Cl)cc1. The number of rotatable bonds is 12. The van der Waals surface area contributed by atoms with Gasteiger partial charge in [0, 0.05) is 11.6 Å². The van der Waals surface area contributed by atoms with Crippen molar-refractivity contribution in [3.8, 4) is 11.5 Å². The molecule has 0 spiro atoms. The second kappa shape index (κ2) is 12.5. The Kier molecular flexibility index (Phi) is 9.39. The number of halogens is 1. The summed E-state index contributed by atoms with van der Waals surface area (Å²) >= 11 is 5.94. The van der Waals surface area contributed by atoms with Crippen molar-refractivity contribution in [2.24, 2.45) is 0 Å². The van der Waals surface area contributed by atoms with Crippen molar-refractivity contribution < 1.29 is 22.7 Å². The minimum absolute atomic E-state index is 0.0282. The Morgan fingerprint density at radius 3 is 2.34 bits per heavy atom. The summed E-state index contributed by atoms with van der Waals surface area (Å²) < 4.78 is 39.0. The number of benzene rings is 3. The molecule has 0 fully saturated rings. The second-order valence-corrected chi connectivity index (χ2v) is 9.97. The molecule has 0 aliphatic carbocycles. The Balaban J connectivity index is 1.74. The van der Waals surface area contributed by atoms with Gasteiger partial charge in [-0.25, -0.2) is 8.42 Å². The normalized spacial score (nSPS) is 11.1. The molecule has 7 nitrogen and oxygen atoms in total. The monoisotopic (exact) mass is 516 g/mol. The standard InChI is InChI=1S/C26H29ClN2O5S/c1-3-34-25-9-5-4-8-24(25)29(35(31,32)23-16-12-21(27)13-17-23)19-26(30)28-18-6-7-20-10-14-22(33-2)15-11-20/h4-5,8-17H,3,6-7,18-19H2,1-2H3,(H,28,30). The molecule has 35 heavy (non-hydrogen) atoms. The van der Waals surface area contributed by atoms with Gasteiger partial charge in [0.2, 0.25) is 5.91 Å². The lowest BCUT2D eigenvalue weighted by Crippen LogP contribution is -2.41. The zero-order chi connectivity index (χ0) is 25.3. The van der Waals surface area contributed by atoms with E-state index >= 15 is 0 Å². The second-order valence-electron chi connectivity index (χ2n) is 7.67. The van der Waals surface area contributed by atoms with Crippen LogP contribution in [0.5, 0.6) is 11.5 Å². The first-order valence-electron chi connectivity index (χ1n) is 11.2. The van der Waals surface area contributed by atoms with Gasteiger partial charge < -0.3 is 14.8 Å². The van der Waals surface area contributed by atoms with Crippen molar-refractivity contribution >= 4 is 33.2 Å². The van der Waals surface area contributed by atoms with Gasteiger partial charge in [-0.2, -0.15) is 0 Å². The van der Waals surface area contributed by atoms with E-state index in [1.807, 2.05) is 31.2 Å². The molecule has 3 aromatic carbocycles. The van der Waals surface area contributed by atoms with Crippen molar-refractivity contribution in [3.05, 3.63) is 83.4 Å². The van der Waals surface area contributed by atoms with Crippen molar-refractivity contribution in [1.82, 2.24) is 5.32 Å². The van der Waals surface area contributed by atoms with Crippen LogP contribution >= 0.6 is 11.6 Å². The quantitative estimate of drug-likeness (QED) is 0.353. The number of para-hydroxylation sites is 2. The molecule has 0 aliphatic rings. The molecule has 0 bridgehead atoms. The number of amides is 1. The maximum atomic E-state index is 13.5. The number of carbonyl (C=O) groups excluding carboxylic acids is 1. The van der Waals surface area contributed by atoms with Crippen LogP contribution in [-0.4, -0.2) is 41.1 Å². The number of nitrogens with zero attached hydrogens (tertiary/aromatic N) is 1. The maximum Gasteiger partial charge on any atom is 0.264 e. The first kappa shape index (κ1) is 26.4. The van der Waals surface area contributed by atoms with Crippen LogP contribution in [0.2, 0.25) is 5.02 Å². The Hall–Kier alpha value is -3.23. The highest BCUT2D eigenvalue weighted by molar-refractivity contribution is 7.92. The Morgan fingerprint density at radius 1 is 1.00 bits per heavy atom. The molecule has 9 heteroatoms. The van der Waals surface area contributed by atoms with Gasteiger partial charge in [-0.3, -0.25) is 9.10 Å². The molecule has 3 rings (SSSR count). The van der Waals surface area contributed by atoms with Gasteiger partial charge in [-0.15, -0.1) is 0 Å². The van der Waals surface area contributed by atoms with E-state index in [9.17, 15) is 13.2 Å². The topological polar surface area (TPSA) is 84.9 Å². The Labute approximate surface area is 211 Å². The summed E-state index contributed by atoms with van der Waals surface area (Å²) in [7, 11) is -2.45. The number of carbonyl (C=O) groups is 1. The summed E-state index contributed by atoms with van der Waals surface area (Å²) in [6, 6.07) is 20.3. The fourth-order valence-electron chi connectivity index (χ4n) is 3.47. The van der Waals surface area contributed by atoms with Crippen molar-refractivity contribution in [2.75, 3.05) is 31.1 Å². The van der Waals surface area contributed by atoms with E-state index in [1.54, 1.807) is 31.4 Å². The third-order valence-corrected chi connectivity index (χ3v) is 7.27. The summed E-state index contributed by atoms with van der Waals surface area (Å²) in [5.74, 6) is 0.750. The van der Waals surface area contributed by atoms with Gasteiger partial charge in [-0.05, 0) is 73.9 Å². The largest absolute Gasteiger partial charge is 0.497 e. The van der Waals surface area contributed by atoms with Gasteiger partial charge in [0.25, 0.3) is 10.0 Å². The summed E-state index contributed by atoms with van der Waals surface area (Å²) in [6.45, 7) is 2.18. The van der Waals surface area contributed by atoms with Crippen LogP contribution in [0.3, 0.4) is 0 Å². The van der Waals surface area contributed by atoms with Crippen molar-refractivity contribution in [2.45, 2.75) is 24.7 Å². The minimum atomic E-state index is -4.06. The van der Waals surface area contributed by atoms with Gasteiger partial charge >= 0.3 is 0 Å². The molecular formula is C26H29ClN2O5S. The van der Waals surface area contributed by atoms with Gasteiger partial charge in [0.15, 0.2) is 0 Å². The van der Waals surface area contributed by atoms with Crippen LogP contribution in [0.25, 0.3) is 0 Å². The summed E-state index contributed by atoms with van der Waals surface area (Å²) in [5, 5.41) is 3.24. The van der Waals surface area contributed by atoms with E-state index in [-0.39, 0.29) is 10.6 Å². The molecule has 3 aromatic rings. The molecular weight excluding hydrogens is 488 g/mol. The molecule has 0 heterocycles. The molecule has 0 unspecified atom stereocenters. The van der Waals surface area contributed by atoms with Gasteiger partial charge in [-0.1, -0.05) is 35.9 Å². The zero-order valence-corrected chi connectivity index (χ0v) is 21.3. The lowest BCUT2D eigenvalue weighted by atomic mass is 10.1. The number of ether oxygens (including phenoxy) is 2. The minimum Gasteiger partial charge on any atom is -0.497 e. The number of nitrogens with one attached hydrogen (secondary N) is 1. The first-order valence-corrected chi connectivity index (χ1v) is 13.1. The molecule has 1 amide bonds. The molecule has 0 atom stereocenters. The van der Waals surface area contributed by atoms with Crippen LogP contribution in [-0.2, 0) is 21.2 Å². The van der Waals surface area contributed by atoms with Crippen LogP contribution in [0.1, 0.15) is 18.9 Å². The summed E-state index contributed by atoms with van der Waals surface area (Å²) in [6.07, 6.45) is 1.47. The molecule has 0 aromatic heterocycles. The summed E-state index contributed by atoms with van der Waals surface area (Å²) in [5.41, 5.74) is 1.41. The summed E-state index contributed by atoms with van der Waals surface area (Å²) in [4.78, 5) is 12.9. The van der Waals surface area contributed by atoms with Crippen LogP contribution < -0.4 is 19.1 Å². The van der Waals surface area contributed by atoms with E-state index in [2.05, 4.69) is 5.32 Å². The number of hydrogen-bond donors (Lipinski definition) is 1. The molecule has 0 saturated heterocycles. The number of methoxy groups -OCH3 is 1. The Bertz CT molecular complexity index is 1220. The van der Waals surface area contributed by atoms with Gasteiger partial charge in [0.1, 0.15) is 18.0 Å². The van der Waals surface area contributed by atoms with Crippen molar-refractivity contribution in [1.29, 1.82) is 0 Å². The average Bonchev–Trinajstić information content (AvgIpc) is 2.86. The number of anilines is 1. The first-order chi connectivity index (χ1) is 16.8. The zero-order valence-electron chi connectivity index (χ0n) is 19.7. The maximum absolute atomic E-state index is 13.5. The number of aryl methyl sites for hydroxylation is 1. The predicted octanol–water partition coefficient (Wildman–Crippen LogP) is 4.69. The Morgan fingerprint density at radius 2 is 1.69 bits per heavy atom. The van der Waals surface area contributed by atoms with Crippen LogP contribution in [0.15, 0.2) is 77.7 Å². The molecule has 186 valence electrons. The highest BCUT2D eigenvalue weighted by atomic mass is 35.5. The van der Waals surface area contributed by atoms with E-state index in [0.29, 0.717) is 30.3 Å². The van der Waals surface area contributed by atoms with E-state index < -0.39 is 22.5 Å². The molecule has 0 saturated carbocycles. The molecule has 0 radical (unpaired) electrons. The molecule has 0 aliphatic heterocycles. The molecule has 1 N–H and O–H groups in total. The van der Waals surface area contributed by atoms with E-state index in [1.165, 1.54) is 24.3 Å². The third kappa shape index (κ3) is 7.13. The fourth-order valence-corrected chi connectivity index (χ4v) is 5.03. The van der Waals surface area contributed by atoms with Crippen LogP contribution in [0, 0.1) is 0 Å². The third-order valence-electron chi connectivity index (χ3n) is 5.25. The predicted molar refractivity (Wildman–Crippen MR) is 138 cm³/mol. The smallest absolute Gasteiger partial charge is 0.264 e. The lowest BCUT2D eigenvalue weighted by Gasteiger charge is -2.26. The van der Waals surface area contributed by atoms with Crippen molar-refractivity contribution in [3.63, 3.8) is 0 Å². The van der Waals surface area contributed by atoms with E-state index in [4.69, 9.17) is 21.1 Å². The van der Waals surface area contributed by atoms with Gasteiger partial charge in [0.05, 0.1) is 24.3 Å². The lowest BCUT2D eigenvalue weighted by molar-refractivity contribution is -0.119. The average molecular weight is 517 g/mol.